The maximum Gasteiger partial charge on any atom is 0.233 e. The van der Waals surface area contributed by atoms with Crippen LogP contribution >= 0.6 is 11.8 Å². The van der Waals surface area contributed by atoms with Crippen molar-refractivity contribution in [2.24, 2.45) is 5.41 Å². The second-order valence-electron chi connectivity index (χ2n) is 7.42. The maximum absolute atomic E-state index is 12.5. The number of carbonyl (C=O) groups is 1. The SMILES string of the molecule is Cc1nc(SCC(=O)N2CCc3[nH]nc(CC(C)(C)C)c3C2)n[nH]1. The minimum absolute atomic E-state index is 0.121. The van der Waals surface area contributed by atoms with E-state index >= 15 is 0 Å². The van der Waals surface area contributed by atoms with Crippen LogP contribution in [0.3, 0.4) is 0 Å². The van der Waals surface area contributed by atoms with E-state index in [1.807, 2.05) is 11.8 Å². The fourth-order valence-corrected chi connectivity index (χ4v) is 3.57. The predicted molar refractivity (Wildman–Crippen MR) is 92.7 cm³/mol. The lowest BCUT2D eigenvalue weighted by Gasteiger charge is -2.28. The first-order valence-electron chi connectivity index (χ1n) is 8.16. The Balaban J connectivity index is 1.63. The average molecular weight is 348 g/mol. The van der Waals surface area contributed by atoms with Crippen molar-refractivity contribution in [1.29, 1.82) is 0 Å². The number of amides is 1. The molecule has 7 nitrogen and oxygen atoms in total. The van der Waals surface area contributed by atoms with Gasteiger partial charge >= 0.3 is 0 Å². The van der Waals surface area contributed by atoms with Crippen molar-refractivity contribution in [1.82, 2.24) is 30.3 Å². The summed E-state index contributed by atoms with van der Waals surface area (Å²) in [5, 5.41) is 15.1. The van der Waals surface area contributed by atoms with Gasteiger partial charge in [0.15, 0.2) is 0 Å². The van der Waals surface area contributed by atoms with Gasteiger partial charge in [-0.3, -0.25) is 15.0 Å². The van der Waals surface area contributed by atoms with Crippen LogP contribution in [0.2, 0.25) is 0 Å². The second-order valence-corrected chi connectivity index (χ2v) is 8.36. The minimum atomic E-state index is 0.121. The molecule has 1 aliphatic rings. The van der Waals surface area contributed by atoms with Gasteiger partial charge in [-0.25, -0.2) is 4.98 Å². The molecular weight excluding hydrogens is 324 g/mol. The van der Waals surface area contributed by atoms with E-state index in [4.69, 9.17) is 0 Å². The number of rotatable bonds is 4. The molecule has 130 valence electrons. The lowest BCUT2D eigenvalue weighted by atomic mass is 9.88. The molecule has 0 spiro atoms. The first-order valence-corrected chi connectivity index (χ1v) is 9.15. The van der Waals surface area contributed by atoms with Gasteiger partial charge in [-0.05, 0) is 18.8 Å². The Bertz CT molecular complexity index is 729. The molecule has 3 rings (SSSR count). The van der Waals surface area contributed by atoms with E-state index in [2.05, 4.69) is 46.1 Å². The number of nitrogens with one attached hydrogen (secondary N) is 2. The number of hydrogen-bond acceptors (Lipinski definition) is 5. The lowest BCUT2D eigenvalue weighted by Crippen LogP contribution is -2.37. The van der Waals surface area contributed by atoms with E-state index in [0.717, 1.165) is 30.9 Å². The number of hydrogen-bond donors (Lipinski definition) is 2. The second kappa shape index (κ2) is 6.58. The maximum atomic E-state index is 12.5. The number of fused-ring (bicyclic) bond motifs is 1. The fraction of sp³-hybridized carbons (Fsp3) is 0.625. The first-order chi connectivity index (χ1) is 11.3. The molecule has 0 atom stereocenters. The molecule has 1 amide bonds. The van der Waals surface area contributed by atoms with E-state index in [-0.39, 0.29) is 11.3 Å². The largest absolute Gasteiger partial charge is 0.337 e. The standard InChI is InChI=1S/C16H24N6OS/c1-10-17-15(21-18-10)24-9-14(23)22-6-5-12-11(8-22)13(20-19-12)7-16(2,3)4/h5-9H2,1-4H3,(H,19,20)(H,17,18,21). The molecule has 3 heterocycles. The topological polar surface area (TPSA) is 90.6 Å². The Hall–Kier alpha value is -1.83. The summed E-state index contributed by atoms with van der Waals surface area (Å²) in [5.41, 5.74) is 3.64. The molecule has 24 heavy (non-hydrogen) atoms. The van der Waals surface area contributed by atoms with Crippen LogP contribution in [0, 0.1) is 12.3 Å². The molecule has 0 aromatic carbocycles. The normalized spacial score (nSPS) is 14.8. The van der Waals surface area contributed by atoms with Crippen molar-refractivity contribution in [3.8, 4) is 0 Å². The Morgan fingerprint density at radius 3 is 2.75 bits per heavy atom. The average Bonchev–Trinajstić information content (AvgIpc) is 3.09. The minimum Gasteiger partial charge on any atom is -0.337 e. The Kier molecular flexibility index (Phi) is 4.67. The summed E-state index contributed by atoms with van der Waals surface area (Å²) in [4.78, 5) is 18.6. The van der Waals surface area contributed by atoms with Crippen molar-refractivity contribution in [3.63, 3.8) is 0 Å². The monoisotopic (exact) mass is 348 g/mol. The van der Waals surface area contributed by atoms with Gasteiger partial charge in [-0.1, -0.05) is 32.5 Å². The van der Waals surface area contributed by atoms with Crippen LogP contribution < -0.4 is 0 Å². The highest BCUT2D eigenvalue weighted by Crippen LogP contribution is 2.27. The van der Waals surface area contributed by atoms with Crippen LogP contribution in [-0.2, 0) is 24.2 Å². The van der Waals surface area contributed by atoms with Crippen molar-refractivity contribution >= 4 is 17.7 Å². The number of nitrogens with zero attached hydrogens (tertiary/aromatic N) is 4. The zero-order chi connectivity index (χ0) is 17.3. The van der Waals surface area contributed by atoms with Gasteiger partial charge in [0, 0.05) is 30.8 Å². The molecule has 8 heteroatoms. The Labute approximate surface area is 146 Å². The number of aryl methyl sites for hydroxylation is 1. The number of aromatic amines is 2. The van der Waals surface area contributed by atoms with Gasteiger partial charge in [0.2, 0.25) is 11.1 Å². The molecule has 0 unspecified atom stereocenters. The summed E-state index contributed by atoms with van der Waals surface area (Å²) in [6.07, 6.45) is 1.74. The molecular formula is C16H24N6OS. The fourth-order valence-electron chi connectivity index (χ4n) is 2.82. The van der Waals surface area contributed by atoms with Crippen LogP contribution in [0.25, 0.3) is 0 Å². The van der Waals surface area contributed by atoms with Gasteiger partial charge in [-0.2, -0.15) is 5.10 Å². The van der Waals surface area contributed by atoms with Gasteiger partial charge in [-0.15, -0.1) is 5.10 Å². The van der Waals surface area contributed by atoms with Gasteiger partial charge in [0.25, 0.3) is 0 Å². The van der Waals surface area contributed by atoms with Crippen molar-refractivity contribution in [2.75, 3.05) is 12.3 Å². The van der Waals surface area contributed by atoms with Crippen molar-refractivity contribution in [2.45, 2.75) is 52.2 Å². The molecule has 2 N–H and O–H groups in total. The molecule has 1 aliphatic heterocycles. The highest BCUT2D eigenvalue weighted by molar-refractivity contribution is 7.99. The van der Waals surface area contributed by atoms with E-state index in [9.17, 15) is 4.79 Å². The predicted octanol–water partition coefficient (Wildman–Crippen LogP) is 2.10. The summed E-state index contributed by atoms with van der Waals surface area (Å²) in [5.74, 6) is 1.24. The summed E-state index contributed by atoms with van der Waals surface area (Å²) < 4.78 is 0. The third kappa shape index (κ3) is 3.98. The number of carbonyl (C=O) groups excluding carboxylic acids is 1. The summed E-state index contributed by atoms with van der Waals surface area (Å²) >= 11 is 1.37. The zero-order valence-electron chi connectivity index (χ0n) is 14.6. The van der Waals surface area contributed by atoms with E-state index in [0.29, 0.717) is 17.5 Å². The number of thioether (sulfide) groups is 1. The smallest absolute Gasteiger partial charge is 0.233 e. The summed E-state index contributed by atoms with van der Waals surface area (Å²) in [6, 6.07) is 0. The molecule has 2 aromatic rings. The Morgan fingerprint density at radius 2 is 2.08 bits per heavy atom. The van der Waals surface area contributed by atoms with Crippen LogP contribution in [0.5, 0.6) is 0 Å². The quantitative estimate of drug-likeness (QED) is 0.826. The van der Waals surface area contributed by atoms with E-state index in [1.54, 1.807) is 0 Å². The summed E-state index contributed by atoms with van der Waals surface area (Å²) in [6.45, 7) is 9.83. The number of aromatic nitrogens is 5. The van der Waals surface area contributed by atoms with Crippen molar-refractivity contribution < 1.29 is 4.79 Å². The molecule has 0 bridgehead atoms. The molecule has 0 aliphatic carbocycles. The van der Waals surface area contributed by atoms with Crippen molar-refractivity contribution in [3.05, 3.63) is 22.8 Å². The van der Waals surface area contributed by atoms with E-state index < -0.39 is 0 Å². The van der Waals surface area contributed by atoms with E-state index in [1.165, 1.54) is 23.0 Å². The summed E-state index contributed by atoms with van der Waals surface area (Å²) in [7, 11) is 0. The zero-order valence-corrected chi connectivity index (χ0v) is 15.5. The van der Waals surface area contributed by atoms with Crippen LogP contribution in [0.4, 0.5) is 0 Å². The first kappa shape index (κ1) is 17.0. The molecule has 0 radical (unpaired) electrons. The van der Waals surface area contributed by atoms with Gasteiger partial charge in [0.1, 0.15) is 5.82 Å². The van der Waals surface area contributed by atoms with Crippen LogP contribution in [0.15, 0.2) is 5.16 Å². The molecule has 0 saturated heterocycles. The third-order valence-electron chi connectivity index (χ3n) is 3.97. The third-order valence-corrected chi connectivity index (χ3v) is 4.80. The van der Waals surface area contributed by atoms with Gasteiger partial charge < -0.3 is 4.90 Å². The Morgan fingerprint density at radius 1 is 1.29 bits per heavy atom. The highest BCUT2D eigenvalue weighted by atomic mass is 32.2. The molecule has 2 aromatic heterocycles. The lowest BCUT2D eigenvalue weighted by molar-refractivity contribution is -0.129. The van der Waals surface area contributed by atoms with Crippen LogP contribution in [-0.4, -0.2) is 48.5 Å². The van der Waals surface area contributed by atoms with Crippen LogP contribution in [0.1, 0.15) is 43.5 Å². The molecule has 0 saturated carbocycles. The number of H-pyrrole nitrogens is 2. The van der Waals surface area contributed by atoms with Gasteiger partial charge in [0.05, 0.1) is 11.4 Å². The molecule has 0 fully saturated rings. The highest BCUT2D eigenvalue weighted by Gasteiger charge is 2.27.